The third-order valence-corrected chi connectivity index (χ3v) is 5.97. The van der Waals surface area contributed by atoms with Crippen LogP contribution in [-0.2, 0) is 26.1 Å². The smallest absolute Gasteiger partial charge is 0.241 e. The molecular weight excluding hydrogens is 406 g/mol. The van der Waals surface area contributed by atoms with Crippen molar-refractivity contribution in [2.24, 2.45) is 0 Å². The fraction of sp³-hybridized carbons (Fsp3) is 0.381. The van der Waals surface area contributed by atoms with Gasteiger partial charge in [-0.25, -0.2) is 8.42 Å². The van der Waals surface area contributed by atoms with Crippen LogP contribution in [0.25, 0.3) is 0 Å². The SMILES string of the molecule is COc1cccc(N(CC(=O)NCc2ccc(N3CCOCC3)cc2)S(C)(=O)=O)c1. The van der Waals surface area contributed by atoms with Crippen molar-refractivity contribution in [2.45, 2.75) is 6.54 Å². The van der Waals surface area contributed by atoms with Gasteiger partial charge in [0.1, 0.15) is 12.3 Å². The number of carbonyl (C=O) groups is 1. The second-order valence-corrected chi connectivity index (χ2v) is 8.92. The van der Waals surface area contributed by atoms with Crippen LogP contribution in [0.1, 0.15) is 5.56 Å². The molecule has 8 nitrogen and oxygen atoms in total. The number of benzene rings is 2. The van der Waals surface area contributed by atoms with Gasteiger partial charge in [0.2, 0.25) is 15.9 Å². The van der Waals surface area contributed by atoms with Crippen LogP contribution in [0.2, 0.25) is 0 Å². The summed E-state index contributed by atoms with van der Waals surface area (Å²) in [5.74, 6) is 0.127. The summed E-state index contributed by atoms with van der Waals surface area (Å²) >= 11 is 0. The predicted molar refractivity (Wildman–Crippen MR) is 117 cm³/mol. The molecule has 1 aliphatic heterocycles. The average Bonchev–Trinajstić information content (AvgIpc) is 2.76. The number of amides is 1. The van der Waals surface area contributed by atoms with Crippen molar-refractivity contribution in [3.8, 4) is 5.75 Å². The van der Waals surface area contributed by atoms with Gasteiger partial charge in [0.25, 0.3) is 0 Å². The molecule has 2 aromatic carbocycles. The number of rotatable bonds is 8. The van der Waals surface area contributed by atoms with Crippen molar-refractivity contribution in [3.63, 3.8) is 0 Å². The number of hydrogen-bond acceptors (Lipinski definition) is 6. The Morgan fingerprint density at radius 1 is 1.17 bits per heavy atom. The molecule has 1 amide bonds. The van der Waals surface area contributed by atoms with Crippen LogP contribution in [0.5, 0.6) is 5.75 Å². The zero-order chi connectivity index (χ0) is 21.6. The number of carbonyl (C=O) groups excluding carboxylic acids is 1. The normalized spacial score (nSPS) is 14.3. The lowest BCUT2D eigenvalue weighted by Gasteiger charge is -2.29. The molecule has 162 valence electrons. The van der Waals surface area contributed by atoms with E-state index in [-0.39, 0.29) is 12.5 Å². The Bertz CT molecular complexity index is 957. The maximum Gasteiger partial charge on any atom is 0.241 e. The van der Waals surface area contributed by atoms with Crippen molar-refractivity contribution in [3.05, 3.63) is 54.1 Å². The zero-order valence-corrected chi connectivity index (χ0v) is 18.0. The quantitative estimate of drug-likeness (QED) is 0.681. The third-order valence-electron chi connectivity index (χ3n) is 4.83. The number of anilines is 2. The summed E-state index contributed by atoms with van der Waals surface area (Å²) in [5, 5.41) is 2.79. The number of hydrogen-bond donors (Lipinski definition) is 1. The van der Waals surface area contributed by atoms with E-state index in [1.165, 1.54) is 7.11 Å². The average molecular weight is 434 g/mol. The Kier molecular flexibility index (Phi) is 7.17. The van der Waals surface area contributed by atoms with Gasteiger partial charge in [0.05, 0.1) is 32.3 Å². The fourth-order valence-electron chi connectivity index (χ4n) is 3.20. The van der Waals surface area contributed by atoms with Gasteiger partial charge in [0.15, 0.2) is 0 Å². The first kappa shape index (κ1) is 21.9. The highest BCUT2D eigenvalue weighted by Gasteiger charge is 2.21. The molecule has 1 fully saturated rings. The molecule has 0 aliphatic carbocycles. The van der Waals surface area contributed by atoms with Crippen LogP contribution in [0.4, 0.5) is 11.4 Å². The summed E-state index contributed by atoms with van der Waals surface area (Å²) < 4.78 is 36.0. The Morgan fingerprint density at radius 3 is 2.50 bits per heavy atom. The van der Waals surface area contributed by atoms with Crippen LogP contribution < -0.4 is 19.3 Å². The molecule has 0 atom stereocenters. The van der Waals surface area contributed by atoms with E-state index in [2.05, 4.69) is 10.2 Å². The zero-order valence-electron chi connectivity index (χ0n) is 17.2. The van der Waals surface area contributed by atoms with Gasteiger partial charge in [-0.2, -0.15) is 0 Å². The van der Waals surface area contributed by atoms with E-state index in [0.29, 0.717) is 18.0 Å². The molecule has 9 heteroatoms. The summed E-state index contributed by atoms with van der Waals surface area (Å²) in [7, 11) is -2.14. The van der Waals surface area contributed by atoms with E-state index in [0.717, 1.165) is 48.1 Å². The highest BCUT2D eigenvalue weighted by Crippen LogP contribution is 2.23. The predicted octanol–water partition coefficient (Wildman–Crippen LogP) is 1.61. The van der Waals surface area contributed by atoms with Gasteiger partial charge in [-0.05, 0) is 29.8 Å². The van der Waals surface area contributed by atoms with Crippen LogP contribution in [-0.4, -0.2) is 60.5 Å². The number of nitrogens with zero attached hydrogens (tertiary/aromatic N) is 2. The van der Waals surface area contributed by atoms with Crippen LogP contribution in [0, 0.1) is 0 Å². The van der Waals surface area contributed by atoms with E-state index < -0.39 is 10.0 Å². The molecule has 1 N–H and O–H groups in total. The fourth-order valence-corrected chi connectivity index (χ4v) is 4.05. The van der Waals surface area contributed by atoms with Crippen LogP contribution in [0.15, 0.2) is 48.5 Å². The van der Waals surface area contributed by atoms with Gasteiger partial charge in [-0.1, -0.05) is 18.2 Å². The first-order valence-electron chi connectivity index (χ1n) is 9.67. The van der Waals surface area contributed by atoms with Crippen LogP contribution in [0.3, 0.4) is 0 Å². The monoisotopic (exact) mass is 433 g/mol. The lowest BCUT2D eigenvalue weighted by Crippen LogP contribution is -2.40. The summed E-state index contributed by atoms with van der Waals surface area (Å²) in [4.78, 5) is 14.7. The largest absolute Gasteiger partial charge is 0.497 e. The maximum atomic E-state index is 12.4. The van der Waals surface area contributed by atoms with Gasteiger partial charge in [0, 0.05) is 31.4 Å². The molecule has 2 aromatic rings. The lowest BCUT2D eigenvalue weighted by atomic mass is 10.2. The van der Waals surface area contributed by atoms with Crippen molar-refractivity contribution >= 4 is 27.3 Å². The van der Waals surface area contributed by atoms with Gasteiger partial charge in [-0.15, -0.1) is 0 Å². The molecule has 1 heterocycles. The minimum absolute atomic E-state index is 0.308. The Hall–Kier alpha value is -2.78. The number of methoxy groups -OCH3 is 1. The van der Waals surface area contributed by atoms with E-state index in [1.54, 1.807) is 24.3 Å². The number of nitrogens with one attached hydrogen (secondary N) is 1. The summed E-state index contributed by atoms with van der Waals surface area (Å²) in [6.45, 7) is 3.18. The maximum absolute atomic E-state index is 12.4. The molecule has 0 bridgehead atoms. The molecule has 30 heavy (non-hydrogen) atoms. The molecule has 0 radical (unpaired) electrons. The highest BCUT2D eigenvalue weighted by molar-refractivity contribution is 7.92. The Morgan fingerprint density at radius 2 is 1.87 bits per heavy atom. The molecule has 0 saturated carbocycles. The summed E-state index contributed by atoms with van der Waals surface area (Å²) in [6.07, 6.45) is 1.07. The molecule has 0 aromatic heterocycles. The van der Waals surface area contributed by atoms with Gasteiger partial charge >= 0.3 is 0 Å². The summed E-state index contributed by atoms with van der Waals surface area (Å²) in [6, 6.07) is 14.6. The standard InChI is InChI=1S/C21H27N3O5S/c1-28-20-5-3-4-19(14-20)24(30(2,26)27)16-21(25)22-15-17-6-8-18(9-7-17)23-10-12-29-13-11-23/h3-9,14H,10-13,15-16H2,1-2H3,(H,22,25). The number of sulfonamides is 1. The molecule has 0 spiro atoms. The molecule has 0 unspecified atom stereocenters. The second kappa shape index (κ2) is 9.82. The van der Waals surface area contributed by atoms with Gasteiger partial charge < -0.3 is 19.7 Å². The molecule has 1 saturated heterocycles. The minimum Gasteiger partial charge on any atom is -0.497 e. The first-order valence-corrected chi connectivity index (χ1v) is 11.5. The first-order chi connectivity index (χ1) is 14.4. The molecule has 1 aliphatic rings. The van der Waals surface area contributed by atoms with E-state index in [9.17, 15) is 13.2 Å². The highest BCUT2D eigenvalue weighted by atomic mass is 32.2. The topological polar surface area (TPSA) is 88.2 Å². The summed E-state index contributed by atoms with van der Waals surface area (Å²) in [5.41, 5.74) is 2.43. The van der Waals surface area contributed by atoms with Crippen molar-refractivity contribution < 1.29 is 22.7 Å². The van der Waals surface area contributed by atoms with E-state index in [1.807, 2.05) is 24.3 Å². The van der Waals surface area contributed by atoms with Crippen LogP contribution >= 0.6 is 0 Å². The second-order valence-electron chi connectivity index (χ2n) is 7.01. The van der Waals surface area contributed by atoms with Gasteiger partial charge in [-0.3, -0.25) is 9.10 Å². The lowest BCUT2D eigenvalue weighted by molar-refractivity contribution is -0.119. The Balaban J connectivity index is 1.60. The number of ether oxygens (including phenoxy) is 2. The Labute approximate surface area is 177 Å². The van der Waals surface area contributed by atoms with Crippen molar-refractivity contribution in [1.29, 1.82) is 0 Å². The van der Waals surface area contributed by atoms with E-state index >= 15 is 0 Å². The third kappa shape index (κ3) is 5.87. The molecule has 3 rings (SSSR count). The van der Waals surface area contributed by atoms with Crippen molar-refractivity contribution in [1.82, 2.24) is 5.32 Å². The van der Waals surface area contributed by atoms with Crippen molar-refractivity contribution in [2.75, 3.05) is 55.4 Å². The minimum atomic E-state index is -3.64. The molecular formula is C21H27N3O5S. The number of morpholine rings is 1. The van der Waals surface area contributed by atoms with E-state index in [4.69, 9.17) is 9.47 Å².